The summed E-state index contributed by atoms with van der Waals surface area (Å²) in [6, 6.07) is 12.8. The van der Waals surface area contributed by atoms with Crippen molar-refractivity contribution in [2.45, 2.75) is 36.6 Å². The van der Waals surface area contributed by atoms with Gasteiger partial charge in [-0.2, -0.15) is 0 Å². The van der Waals surface area contributed by atoms with Crippen molar-refractivity contribution in [3.05, 3.63) is 80.8 Å². The Hall–Kier alpha value is -2.98. The summed E-state index contributed by atoms with van der Waals surface area (Å²) in [4.78, 5) is 23.5. The van der Waals surface area contributed by atoms with Crippen LogP contribution in [-0.4, -0.2) is 31.4 Å². The molecule has 0 radical (unpaired) electrons. The van der Waals surface area contributed by atoms with E-state index >= 15 is 0 Å². The fourth-order valence-electron chi connectivity index (χ4n) is 3.58. The van der Waals surface area contributed by atoms with Crippen molar-refractivity contribution in [2.24, 2.45) is 0 Å². The van der Waals surface area contributed by atoms with Crippen LogP contribution in [0, 0.1) is 0 Å². The molecule has 4 rings (SSSR count). The Balaban J connectivity index is 1.69. The summed E-state index contributed by atoms with van der Waals surface area (Å²) in [5.74, 6) is -1.15. The zero-order valence-electron chi connectivity index (χ0n) is 19.1. The van der Waals surface area contributed by atoms with Crippen LogP contribution >= 0.6 is 34.8 Å². The number of amides is 1. The summed E-state index contributed by atoms with van der Waals surface area (Å²) in [5.41, 5.74) is 0.659. The smallest absolute Gasteiger partial charge is 0.307 e. The first-order valence-corrected chi connectivity index (χ1v) is 13.7. The van der Waals surface area contributed by atoms with E-state index < -0.39 is 16.0 Å². The molecular formula is C25H21Cl3N2O6S. The number of hydrogen-bond donors (Lipinski definition) is 3. The number of carboxylic acid groups (broad SMARTS) is 1. The Morgan fingerprint density at radius 2 is 1.68 bits per heavy atom. The molecule has 37 heavy (non-hydrogen) atoms. The summed E-state index contributed by atoms with van der Waals surface area (Å²) in [6.45, 7) is 0. The molecule has 0 spiro atoms. The molecule has 0 heterocycles. The number of benzene rings is 3. The predicted molar refractivity (Wildman–Crippen MR) is 142 cm³/mol. The van der Waals surface area contributed by atoms with Crippen LogP contribution in [0.4, 0.5) is 5.69 Å². The SMILES string of the molecule is O=C(O)Cc1ccc(Oc2ccc(C(=O)NC3CCC3)cc2NS(=O)(=O)c2ccc(Cl)cc2Cl)c(Cl)c1. The second-order valence-corrected chi connectivity index (χ2v) is 11.3. The van der Waals surface area contributed by atoms with Crippen molar-refractivity contribution >= 4 is 62.4 Å². The van der Waals surface area contributed by atoms with E-state index in [-0.39, 0.29) is 61.1 Å². The zero-order chi connectivity index (χ0) is 26.7. The van der Waals surface area contributed by atoms with Crippen molar-refractivity contribution in [3.63, 3.8) is 0 Å². The van der Waals surface area contributed by atoms with Crippen LogP contribution < -0.4 is 14.8 Å². The van der Waals surface area contributed by atoms with Crippen LogP contribution in [0.2, 0.25) is 15.1 Å². The van der Waals surface area contributed by atoms with E-state index in [2.05, 4.69) is 10.0 Å². The van der Waals surface area contributed by atoms with Crippen molar-refractivity contribution in [1.29, 1.82) is 0 Å². The summed E-state index contributed by atoms with van der Waals surface area (Å²) < 4.78 is 34.7. The van der Waals surface area contributed by atoms with Gasteiger partial charge in [0.25, 0.3) is 15.9 Å². The second-order valence-electron chi connectivity index (χ2n) is 8.43. The molecule has 194 valence electrons. The highest BCUT2D eigenvalue weighted by molar-refractivity contribution is 7.92. The van der Waals surface area contributed by atoms with Gasteiger partial charge in [0.2, 0.25) is 0 Å². The Morgan fingerprint density at radius 1 is 0.946 bits per heavy atom. The summed E-state index contributed by atoms with van der Waals surface area (Å²) in [7, 11) is -4.22. The molecule has 0 aromatic heterocycles. The van der Waals surface area contributed by atoms with Gasteiger partial charge in [0, 0.05) is 16.6 Å². The average Bonchev–Trinajstić information content (AvgIpc) is 2.78. The van der Waals surface area contributed by atoms with Gasteiger partial charge < -0.3 is 15.2 Å². The minimum absolute atomic E-state index is 0.0297. The summed E-state index contributed by atoms with van der Waals surface area (Å²) in [5, 5.41) is 12.2. The Labute approximate surface area is 228 Å². The van der Waals surface area contributed by atoms with E-state index in [1.165, 1.54) is 54.6 Å². The molecule has 12 heteroatoms. The maximum atomic E-state index is 13.2. The fourth-order valence-corrected chi connectivity index (χ4v) is 5.66. The molecular weight excluding hydrogens is 563 g/mol. The van der Waals surface area contributed by atoms with Crippen LogP contribution in [0.1, 0.15) is 35.2 Å². The normalized spacial score (nSPS) is 13.5. The number of aliphatic carboxylic acids is 1. The lowest BCUT2D eigenvalue weighted by Crippen LogP contribution is -2.39. The molecule has 1 aliphatic carbocycles. The second kappa shape index (κ2) is 11.2. The molecule has 1 aliphatic rings. The minimum atomic E-state index is -4.22. The fraction of sp³-hybridized carbons (Fsp3) is 0.200. The third kappa shape index (κ3) is 6.67. The standard InChI is InChI=1S/C25H21Cl3N2O6S/c26-16-6-9-23(19(28)13-16)37(34,35)30-20-12-15(25(33)29-17-2-1-3-17)5-8-22(20)36-21-7-4-14(10-18(21)27)11-24(31)32/h4-10,12-13,17,30H,1-3,11H2,(H,29,33)(H,31,32). The summed E-state index contributed by atoms with van der Waals surface area (Å²) >= 11 is 18.3. The number of carbonyl (C=O) groups is 2. The lowest BCUT2D eigenvalue weighted by Gasteiger charge is -2.26. The van der Waals surface area contributed by atoms with E-state index in [1.54, 1.807) is 0 Å². The average molecular weight is 584 g/mol. The number of carboxylic acids is 1. The first kappa shape index (κ1) is 27.1. The molecule has 1 amide bonds. The molecule has 1 saturated carbocycles. The molecule has 0 saturated heterocycles. The van der Waals surface area contributed by atoms with Gasteiger partial charge in [0.15, 0.2) is 5.75 Å². The highest BCUT2D eigenvalue weighted by Gasteiger charge is 2.24. The zero-order valence-corrected chi connectivity index (χ0v) is 22.2. The molecule has 0 atom stereocenters. The van der Waals surface area contributed by atoms with E-state index in [9.17, 15) is 18.0 Å². The number of halogens is 3. The van der Waals surface area contributed by atoms with Crippen LogP contribution in [-0.2, 0) is 21.2 Å². The monoisotopic (exact) mass is 582 g/mol. The van der Waals surface area contributed by atoms with Gasteiger partial charge in [0.1, 0.15) is 10.6 Å². The maximum Gasteiger partial charge on any atom is 0.307 e. The van der Waals surface area contributed by atoms with Gasteiger partial charge in [-0.3, -0.25) is 14.3 Å². The number of anilines is 1. The molecule has 3 N–H and O–H groups in total. The van der Waals surface area contributed by atoms with Crippen LogP contribution in [0.5, 0.6) is 11.5 Å². The summed E-state index contributed by atoms with van der Waals surface area (Å²) in [6.07, 6.45) is 2.59. The van der Waals surface area contributed by atoms with E-state index in [0.717, 1.165) is 19.3 Å². The van der Waals surface area contributed by atoms with Gasteiger partial charge >= 0.3 is 5.97 Å². The Kier molecular flexibility index (Phi) is 8.18. The van der Waals surface area contributed by atoms with E-state index in [1.807, 2.05) is 0 Å². The highest BCUT2D eigenvalue weighted by atomic mass is 35.5. The van der Waals surface area contributed by atoms with Crippen LogP contribution in [0.15, 0.2) is 59.5 Å². The number of hydrogen-bond acceptors (Lipinski definition) is 5. The quantitative estimate of drug-likeness (QED) is 0.278. The Morgan fingerprint density at radius 3 is 2.30 bits per heavy atom. The van der Waals surface area contributed by atoms with Gasteiger partial charge in [-0.05, 0) is 73.4 Å². The Bertz CT molecular complexity index is 1480. The largest absolute Gasteiger partial charge is 0.481 e. The molecule has 8 nitrogen and oxygen atoms in total. The topological polar surface area (TPSA) is 122 Å². The van der Waals surface area contributed by atoms with Crippen molar-refractivity contribution in [2.75, 3.05) is 4.72 Å². The van der Waals surface area contributed by atoms with Crippen LogP contribution in [0.3, 0.4) is 0 Å². The number of rotatable bonds is 9. The third-order valence-corrected chi connectivity index (χ3v) is 8.06. The van der Waals surface area contributed by atoms with Crippen molar-refractivity contribution < 1.29 is 27.9 Å². The number of ether oxygens (including phenoxy) is 1. The van der Waals surface area contributed by atoms with Gasteiger partial charge in [-0.15, -0.1) is 0 Å². The maximum absolute atomic E-state index is 13.2. The van der Waals surface area contributed by atoms with Gasteiger partial charge in [0.05, 0.1) is 22.2 Å². The third-order valence-electron chi connectivity index (χ3n) is 5.68. The molecule has 3 aromatic rings. The molecule has 1 fully saturated rings. The van der Waals surface area contributed by atoms with E-state index in [4.69, 9.17) is 44.6 Å². The van der Waals surface area contributed by atoms with Crippen LogP contribution in [0.25, 0.3) is 0 Å². The molecule has 0 unspecified atom stereocenters. The lowest BCUT2D eigenvalue weighted by molar-refractivity contribution is -0.136. The van der Waals surface area contributed by atoms with Crippen molar-refractivity contribution in [3.8, 4) is 11.5 Å². The van der Waals surface area contributed by atoms with Crippen molar-refractivity contribution in [1.82, 2.24) is 5.32 Å². The predicted octanol–water partition coefficient (Wildman–Crippen LogP) is 6.15. The lowest BCUT2D eigenvalue weighted by atomic mass is 9.93. The van der Waals surface area contributed by atoms with Gasteiger partial charge in [-0.1, -0.05) is 40.9 Å². The number of carbonyl (C=O) groups excluding carboxylic acids is 1. The molecule has 3 aromatic carbocycles. The molecule has 0 aliphatic heterocycles. The first-order valence-electron chi connectivity index (χ1n) is 11.1. The minimum Gasteiger partial charge on any atom is -0.481 e. The highest BCUT2D eigenvalue weighted by Crippen LogP contribution is 2.37. The first-order chi connectivity index (χ1) is 17.5. The molecule has 0 bridgehead atoms. The number of sulfonamides is 1. The van der Waals surface area contributed by atoms with E-state index in [0.29, 0.717) is 5.56 Å². The number of nitrogens with one attached hydrogen (secondary N) is 2. The van der Waals surface area contributed by atoms with Gasteiger partial charge in [-0.25, -0.2) is 8.42 Å².